The lowest BCUT2D eigenvalue weighted by atomic mass is 9.96. The van der Waals surface area contributed by atoms with Crippen LogP contribution in [-0.4, -0.2) is 38.1 Å². The molecule has 0 aliphatic carbocycles. The molecule has 9 heteroatoms. The molecule has 2 heterocycles. The third-order valence-corrected chi connectivity index (χ3v) is 7.63. The van der Waals surface area contributed by atoms with Crippen LogP contribution in [0.25, 0.3) is 5.52 Å². The summed E-state index contributed by atoms with van der Waals surface area (Å²) in [6.45, 7) is 9.35. The lowest BCUT2D eigenvalue weighted by Crippen LogP contribution is -2.42. The van der Waals surface area contributed by atoms with Crippen LogP contribution in [0.15, 0.2) is 69.9 Å². The van der Waals surface area contributed by atoms with E-state index in [1.807, 2.05) is 79.4 Å². The molecule has 0 radical (unpaired) electrons. The van der Waals surface area contributed by atoms with E-state index in [1.165, 1.54) is 4.52 Å². The molecule has 2 aromatic carbocycles. The van der Waals surface area contributed by atoms with Crippen LogP contribution < -0.4 is 11.4 Å². The second kappa shape index (κ2) is 12.7. The van der Waals surface area contributed by atoms with Gasteiger partial charge in [0.05, 0.1) is 28.3 Å². The van der Waals surface area contributed by atoms with E-state index < -0.39 is 0 Å². The normalized spacial score (nSPS) is 12.0. The fourth-order valence-corrected chi connectivity index (χ4v) is 5.12. The molecular weight excluding hydrogens is 566 g/mol. The molecule has 0 spiro atoms. The van der Waals surface area contributed by atoms with Crippen LogP contribution in [0.2, 0.25) is 0 Å². The number of nitrogens with two attached hydrogens (primary N) is 1. The summed E-state index contributed by atoms with van der Waals surface area (Å²) in [5.74, 6) is -0.0478. The highest BCUT2D eigenvalue weighted by molar-refractivity contribution is 9.10. The third kappa shape index (κ3) is 6.03. The van der Waals surface area contributed by atoms with E-state index in [-0.39, 0.29) is 36.0 Å². The number of hydrogen-bond donors (Lipinski definition) is 1. The monoisotopic (exact) mass is 599 g/mol. The number of hydrogen-bond acceptors (Lipinski definition) is 4. The third-order valence-electron chi connectivity index (χ3n) is 6.65. The van der Waals surface area contributed by atoms with E-state index in [4.69, 9.17) is 5.73 Å². The van der Waals surface area contributed by atoms with Crippen molar-refractivity contribution in [3.8, 4) is 0 Å². The SMILES string of the molecule is Cc1ccc(C(=O)N(CCCN)[C@@H](c2cc3c(Br)c(C)nn3c(=O)n2Cc2ccccc2)C(C)C)cc1.Cl. The Morgan fingerprint density at radius 2 is 1.74 bits per heavy atom. The van der Waals surface area contributed by atoms with Crippen molar-refractivity contribution in [2.45, 2.75) is 46.7 Å². The predicted molar refractivity (Wildman–Crippen MR) is 158 cm³/mol. The summed E-state index contributed by atoms with van der Waals surface area (Å²) < 4.78 is 3.97. The lowest BCUT2D eigenvalue weighted by molar-refractivity contribution is 0.0609. The Balaban J connectivity index is 0.00000400. The zero-order chi connectivity index (χ0) is 26.7. The fraction of sp³-hybridized carbons (Fsp3) is 0.345. The quantitative estimate of drug-likeness (QED) is 0.274. The Labute approximate surface area is 238 Å². The van der Waals surface area contributed by atoms with Crippen molar-refractivity contribution in [1.29, 1.82) is 0 Å². The van der Waals surface area contributed by atoms with E-state index in [2.05, 4.69) is 34.9 Å². The van der Waals surface area contributed by atoms with Crippen LogP contribution in [0.1, 0.15) is 59.2 Å². The van der Waals surface area contributed by atoms with Gasteiger partial charge in [-0.15, -0.1) is 12.4 Å². The van der Waals surface area contributed by atoms with Gasteiger partial charge in [-0.05, 0) is 72.4 Å². The molecule has 1 atom stereocenters. The summed E-state index contributed by atoms with van der Waals surface area (Å²) in [7, 11) is 0. The molecule has 7 nitrogen and oxygen atoms in total. The Bertz CT molecular complexity index is 1450. The summed E-state index contributed by atoms with van der Waals surface area (Å²) in [5, 5.41) is 4.48. The topological polar surface area (TPSA) is 85.6 Å². The molecule has 4 rings (SSSR count). The van der Waals surface area contributed by atoms with E-state index in [0.717, 1.165) is 27.0 Å². The second-order valence-corrected chi connectivity index (χ2v) is 10.6. The maximum absolute atomic E-state index is 13.9. The molecular formula is C29H35BrClN5O2. The van der Waals surface area contributed by atoms with Crippen LogP contribution in [0.5, 0.6) is 0 Å². The number of amides is 1. The van der Waals surface area contributed by atoms with Crippen molar-refractivity contribution in [1.82, 2.24) is 19.1 Å². The molecule has 0 fully saturated rings. The first-order valence-electron chi connectivity index (χ1n) is 12.6. The summed E-state index contributed by atoms with van der Waals surface area (Å²) in [4.78, 5) is 29.7. The van der Waals surface area contributed by atoms with E-state index in [0.29, 0.717) is 37.1 Å². The second-order valence-electron chi connectivity index (χ2n) is 9.82. The minimum absolute atomic E-state index is 0. The molecule has 0 bridgehead atoms. The number of halogens is 2. The Morgan fingerprint density at radius 3 is 2.34 bits per heavy atom. The number of aryl methyl sites for hydroxylation is 2. The molecule has 0 saturated heterocycles. The molecule has 4 aromatic rings. The molecule has 2 aromatic heterocycles. The Morgan fingerprint density at radius 1 is 1.08 bits per heavy atom. The minimum atomic E-state index is -0.358. The number of carbonyl (C=O) groups excluding carboxylic acids is 1. The van der Waals surface area contributed by atoms with Gasteiger partial charge in [0, 0.05) is 17.8 Å². The van der Waals surface area contributed by atoms with Gasteiger partial charge < -0.3 is 10.6 Å². The first-order chi connectivity index (χ1) is 17.7. The average Bonchev–Trinajstić information content (AvgIpc) is 3.17. The standard InChI is InChI=1S/C29H34BrN5O2.ClH/c1-19(2)27(33(16-8-15-31)28(36)23-13-11-20(3)12-14-23)25-17-24-26(30)21(4)32-35(24)29(37)34(25)18-22-9-6-5-7-10-22;/h5-7,9-14,17,19,27H,8,15-16,18,31H2,1-4H3;1H/t27-;/m1./s1. The Hall–Kier alpha value is -2.94. The zero-order valence-electron chi connectivity index (χ0n) is 22.2. The van der Waals surface area contributed by atoms with Crippen LogP contribution in [0, 0.1) is 19.8 Å². The van der Waals surface area contributed by atoms with Gasteiger partial charge in [0.2, 0.25) is 0 Å². The van der Waals surface area contributed by atoms with Crippen molar-refractivity contribution in [2.24, 2.45) is 11.7 Å². The molecule has 0 aliphatic rings. The molecule has 0 unspecified atom stereocenters. The van der Waals surface area contributed by atoms with Crippen LogP contribution in [0.3, 0.4) is 0 Å². The molecule has 38 heavy (non-hydrogen) atoms. The molecule has 0 saturated carbocycles. The van der Waals surface area contributed by atoms with Crippen molar-refractivity contribution in [2.75, 3.05) is 13.1 Å². The molecule has 1 amide bonds. The number of rotatable bonds is 9. The summed E-state index contributed by atoms with van der Waals surface area (Å²) in [6, 6.07) is 19.1. The summed E-state index contributed by atoms with van der Waals surface area (Å²) >= 11 is 3.62. The number of nitrogens with zero attached hydrogens (tertiary/aromatic N) is 4. The number of benzene rings is 2. The van der Waals surface area contributed by atoms with Crippen molar-refractivity contribution in [3.63, 3.8) is 0 Å². The van der Waals surface area contributed by atoms with E-state index in [9.17, 15) is 9.59 Å². The summed E-state index contributed by atoms with van der Waals surface area (Å²) in [6.07, 6.45) is 0.654. The zero-order valence-corrected chi connectivity index (χ0v) is 24.6. The van der Waals surface area contributed by atoms with Gasteiger partial charge in [-0.2, -0.15) is 9.61 Å². The van der Waals surface area contributed by atoms with E-state index in [1.54, 1.807) is 4.57 Å². The van der Waals surface area contributed by atoms with Crippen LogP contribution >= 0.6 is 28.3 Å². The maximum atomic E-state index is 13.9. The predicted octanol–water partition coefficient (Wildman–Crippen LogP) is 5.53. The highest BCUT2D eigenvalue weighted by Gasteiger charge is 2.32. The minimum Gasteiger partial charge on any atom is -0.330 e. The van der Waals surface area contributed by atoms with Gasteiger partial charge >= 0.3 is 5.69 Å². The van der Waals surface area contributed by atoms with Crippen molar-refractivity contribution >= 4 is 39.8 Å². The maximum Gasteiger partial charge on any atom is 0.349 e. The van der Waals surface area contributed by atoms with Crippen LogP contribution in [-0.2, 0) is 6.54 Å². The average molecular weight is 601 g/mol. The molecule has 0 aliphatic heterocycles. The highest BCUT2D eigenvalue weighted by Crippen LogP contribution is 2.32. The number of carbonyl (C=O) groups is 1. The molecule has 202 valence electrons. The molecule has 2 N–H and O–H groups in total. The largest absolute Gasteiger partial charge is 0.349 e. The Kier molecular flexibility index (Phi) is 9.93. The first-order valence-corrected chi connectivity index (χ1v) is 13.4. The van der Waals surface area contributed by atoms with Gasteiger partial charge in [0.15, 0.2) is 0 Å². The number of aromatic nitrogens is 3. The highest BCUT2D eigenvalue weighted by atomic mass is 79.9. The lowest BCUT2D eigenvalue weighted by Gasteiger charge is -2.36. The van der Waals surface area contributed by atoms with Gasteiger partial charge in [-0.3, -0.25) is 9.36 Å². The van der Waals surface area contributed by atoms with Crippen molar-refractivity contribution in [3.05, 3.63) is 104 Å². The fourth-order valence-electron chi connectivity index (χ4n) is 4.76. The summed E-state index contributed by atoms with van der Waals surface area (Å²) in [5.41, 5.74) is 10.6. The van der Waals surface area contributed by atoms with Gasteiger partial charge in [-0.25, -0.2) is 4.79 Å². The van der Waals surface area contributed by atoms with E-state index >= 15 is 0 Å². The number of fused-ring (bicyclic) bond motifs is 1. The first kappa shape index (κ1) is 29.6. The van der Waals surface area contributed by atoms with Crippen molar-refractivity contribution < 1.29 is 4.79 Å². The van der Waals surface area contributed by atoms with Crippen LogP contribution in [0.4, 0.5) is 0 Å². The van der Waals surface area contributed by atoms with Gasteiger partial charge in [-0.1, -0.05) is 61.9 Å². The van der Waals surface area contributed by atoms with Gasteiger partial charge in [0.1, 0.15) is 0 Å². The van der Waals surface area contributed by atoms with Gasteiger partial charge in [0.25, 0.3) is 5.91 Å². The smallest absolute Gasteiger partial charge is 0.330 e.